The van der Waals surface area contributed by atoms with Gasteiger partial charge in [0.05, 0.1) is 11.4 Å². The zero-order valence-corrected chi connectivity index (χ0v) is 19.7. The van der Waals surface area contributed by atoms with E-state index in [4.69, 9.17) is 4.74 Å². The van der Waals surface area contributed by atoms with Crippen LogP contribution in [0.2, 0.25) is 0 Å². The Morgan fingerprint density at radius 1 is 1.00 bits per heavy atom. The maximum Gasteiger partial charge on any atom is 0.408 e. The molecule has 166 valence electrons. The Bertz CT molecular complexity index is 744. The van der Waals surface area contributed by atoms with E-state index in [1.54, 1.807) is 20.8 Å². The maximum atomic E-state index is 12.9. The Balaban J connectivity index is 3.00. The third kappa shape index (κ3) is 9.52. The van der Waals surface area contributed by atoms with E-state index in [2.05, 4.69) is 26.6 Å². The number of hydrogen-bond donors (Lipinski definition) is 2. The van der Waals surface area contributed by atoms with Crippen molar-refractivity contribution in [3.8, 4) is 0 Å². The van der Waals surface area contributed by atoms with E-state index in [-0.39, 0.29) is 17.7 Å². The summed E-state index contributed by atoms with van der Waals surface area (Å²) in [6.07, 6.45) is -0.194. The van der Waals surface area contributed by atoms with Gasteiger partial charge in [0.1, 0.15) is 11.6 Å². The van der Waals surface area contributed by atoms with Crippen molar-refractivity contribution in [2.75, 3.05) is 5.33 Å². The van der Waals surface area contributed by atoms with Gasteiger partial charge in [0.25, 0.3) is 0 Å². The topological polar surface area (TPSA) is 102 Å². The summed E-state index contributed by atoms with van der Waals surface area (Å²) in [5.74, 6) is -1.75. The predicted molar refractivity (Wildman–Crippen MR) is 118 cm³/mol. The van der Waals surface area contributed by atoms with Crippen molar-refractivity contribution < 1.29 is 23.9 Å². The van der Waals surface area contributed by atoms with Gasteiger partial charge in [-0.05, 0) is 38.7 Å². The Labute approximate surface area is 186 Å². The largest absolute Gasteiger partial charge is 0.444 e. The first-order valence-corrected chi connectivity index (χ1v) is 11.0. The lowest BCUT2D eigenvalue weighted by atomic mass is 9.98. The lowest BCUT2D eigenvalue weighted by molar-refractivity contribution is -0.137. The number of benzene rings is 1. The molecular weight excluding hydrogens is 452 g/mol. The van der Waals surface area contributed by atoms with Gasteiger partial charge in [-0.15, -0.1) is 0 Å². The maximum absolute atomic E-state index is 12.9. The summed E-state index contributed by atoms with van der Waals surface area (Å²) in [5.41, 5.74) is 0.0934. The molecule has 7 nitrogen and oxygen atoms in total. The third-order valence-electron chi connectivity index (χ3n) is 4.03. The first-order valence-electron chi connectivity index (χ1n) is 9.89. The molecule has 0 aliphatic rings. The molecule has 0 spiro atoms. The Morgan fingerprint density at radius 3 is 2.10 bits per heavy atom. The molecule has 0 aromatic heterocycles. The van der Waals surface area contributed by atoms with E-state index in [0.717, 1.165) is 5.56 Å². The smallest absolute Gasteiger partial charge is 0.408 e. The molecule has 1 aromatic rings. The minimum Gasteiger partial charge on any atom is -0.444 e. The molecule has 0 fully saturated rings. The SMILES string of the molecule is CC(C)C[C@H](NC(=O)OC(C)(C)C)C(=O)N[C@@H](Cc1ccccc1)C(=O)C(=O)CBr. The van der Waals surface area contributed by atoms with Crippen molar-refractivity contribution in [2.45, 2.75) is 65.1 Å². The van der Waals surface area contributed by atoms with Crippen LogP contribution in [0.15, 0.2) is 30.3 Å². The summed E-state index contributed by atoms with van der Waals surface area (Å²) in [6.45, 7) is 9.01. The molecule has 2 atom stereocenters. The molecule has 1 aromatic carbocycles. The number of halogens is 1. The number of amides is 2. The van der Waals surface area contributed by atoms with E-state index in [0.29, 0.717) is 6.42 Å². The summed E-state index contributed by atoms with van der Waals surface area (Å²) >= 11 is 3.00. The van der Waals surface area contributed by atoms with Gasteiger partial charge in [0.15, 0.2) is 0 Å². The molecule has 0 aliphatic heterocycles. The molecule has 0 unspecified atom stereocenters. The van der Waals surface area contributed by atoms with Crippen molar-refractivity contribution >= 4 is 39.5 Å². The number of rotatable bonds is 10. The van der Waals surface area contributed by atoms with Gasteiger partial charge in [-0.1, -0.05) is 60.1 Å². The molecule has 30 heavy (non-hydrogen) atoms. The van der Waals surface area contributed by atoms with Gasteiger partial charge in [-0.25, -0.2) is 4.79 Å². The summed E-state index contributed by atoms with van der Waals surface area (Å²) in [5, 5.41) is 5.10. The summed E-state index contributed by atoms with van der Waals surface area (Å²) in [7, 11) is 0. The fourth-order valence-corrected chi connectivity index (χ4v) is 3.02. The monoisotopic (exact) mass is 482 g/mol. The number of hydrogen-bond acceptors (Lipinski definition) is 5. The summed E-state index contributed by atoms with van der Waals surface area (Å²) in [6, 6.07) is 7.18. The normalized spacial score (nSPS) is 13.3. The average Bonchev–Trinajstić information content (AvgIpc) is 2.64. The van der Waals surface area contributed by atoms with Gasteiger partial charge >= 0.3 is 6.09 Å². The molecule has 2 N–H and O–H groups in total. The first-order chi connectivity index (χ1) is 13.9. The second-order valence-electron chi connectivity index (χ2n) is 8.50. The standard InChI is InChI=1S/C22H31BrN2O5/c1-14(2)11-17(25-21(29)30-22(3,4)5)20(28)24-16(19(27)18(26)13-23)12-15-9-7-6-8-10-15/h6-10,14,16-17H,11-13H2,1-5H3,(H,24,28)(H,25,29)/t16-,17-/m0/s1. The molecule has 8 heteroatoms. The van der Waals surface area contributed by atoms with Crippen LogP contribution in [-0.4, -0.2) is 46.6 Å². The van der Waals surface area contributed by atoms with E-state index in [9.17, 15) is 19.2 Å². The van der Waals surface area contributed by atoms with Gasteiger partial charge in [-0.2, -0.15) is 0 Å². The highest BCUT2D eigenvalue weighted by molar-refractivity contribution is 9.09. The lowest BCUT2D eigenvalue weighted by Crippen LogP contribution is -2.54. The molecule has 0 saturated carbocycles. The molecule has 0 bridgehead atoms. The second-order valence-corrected chi connectivity index (χ2v) is 9.06. The molecule has 2 amide bonds. The molecule has 0 aliphatic carbocycles. The van der Waals surface area contributed by atoms with Crippen LogP contribution in [0, 0.1) is 5.92 Å². The number of alkyl carbamates (subject to hydrolysis) is 1. The Kier molecular flexibility index (Phi) is 10.2. The lowest BCUT2D eigenvalue weighted by Gasteiger charge is -2.26. The van der Waals surface area contributed by atoms with Crippen molar-refractivity contribution in [1.82, 2.24) is 10.6 Å². The van der Waals surface area contributed by atoms with Crippen molar-refractivity contribution in [1.29, 1.82) is 0 Å². The van der Waals surface area contributed by atoms with E-state index in [1.165, 1.54) is 0 Å². The van der Waals surface area contributed by atoms with Crippen LogP contribution in [0.5, 0.6) is 0 Å². The van der Waals surface area contributed by atoms with Crippen LogP contribution in [0.4, 0.5) is 4.79 Å². The highest BCUT2D eigenvalue weighted by atomic mass is 79.9. The number of Topliss-reactive ketones (excluding diaryl/α,β-unsaturated/α-hetero) is 2. The Hall–Kier alpha value is -2.22. The molecule has 0 heterocycles. The molecule has 0 radical (unpaired) electrons. The van der Waals surface area contributed by atoms with Gasteiger partial charge in [-0.3, -0.25) is 14.4 Å². The minimum absolute atomic E-state index is 0.100. The van der Waals surface area contributed by atoms with Crippen LogP contribution < -0.4 is 10.6 Å². The minimum atomic E-state index is -1.03. The van der Waals surface area contributed by atoms with Crippen LogP contribution in [0.3, 0.4) is 0 Å². The number of ketones is 2. The number of alkyl halides is 1. The van der Waals surface area contributed by atoms with Crippen molar-refractivity contribution in [3.63, 3.8) is 0 Å². The summed E-state index contributed by atoms with van der Waals surface area (Å²) < 4.78 is 5.25. The van der Waals surface area contributed by atoms with Crippen LogP contribution in [0.25, 0.3) is 0 Å². The zero-order valence-electron chi connectivity index (χ0n) is 18.2. The van der Waals surface area contributed by atoms with Crippen molar-refractivity contribution in [3.05, 3.63) is 35.9 Å². The number of carbonyl (C=O) groups excluding carboxylic acids is 4. The fraction of sp³-hybridized carbons (Fsp3) is 0.545. The van der Waals surface area contributed by atoms with Crippen LogP contribution in [0.1, 0.15) is 46.6 Å². The van der Waals surface area contributed by atoms with Crippen molar-refractivity contribution in [2.24, 2.45) is 5.92 Å². The quantitative estimate of drug-likeness (QED) is 0.393. The highest BCUT2D eigenvalue weighted by Gasteiger charge is 2.31. The molecule has 0 saturated heterocycles. The fourth-order valence-electron chi connectivity index (χ4n) is 2.74. The summed E-state index contributed by atoms with van der Waals surface area (Å²) in [4.78, 5) is 49.7. The van der Waals surface area contributed by atoms with Gasteiger partial charge in [0, 0.05) is 6.42 Å². The highest BCUT2D eigenvalue weighted by Crippen LogP contribution is 2.11. The number of nitrogens with one attached hydrogen (secondary N) is 2. The second kappa shape index (κ2) is 11.8. The van der Waals surface area contributed by atoms with Gasteiger partial charge < -0.3 is 15.4 Å². The molecular formula is C22H31BrN2O5. The average molecular weight is 483 g/mol. The van der Waals surface area contributed by atoms with Gasteiger partial charge in [0.2, 0.25) is 17.5 Å². The van der Waals surface area contributed by atoms with E-state index < -0.39 is 41.3 Å². The van der Waals surface area contributed by atoms with E-state index >= 15 is 0 Å². The van der Waals surface area contributed by atoms with Crippen LogP contribution >= 0.6 is 15.9 Å². The number of ether oxygens (including phenoxy) is 1. The Morgan fingerprint density at radius 2 is 1.60 bits per heavy atom. The number of carbonyl (C=O) groups is 4. The van der Waals surface area contributed by atoms with Crippen LogP contribution in [-0.2, 0) is 25.5 Å². The first kappa shape index (κ1) is 25.8. The predicted octanol–water partition coefficient (Wildman–Crippen LogP) is 3.19. The third-order valence-corrected chi connectivity index (χ3v) is 4.54. The zero-order chi connectivity index (χ0) is 22.9. The van der Waals surface area contributed by atoms with E-state index in [1.807, 2.05) is 44.2 Å². The molecule has 1 rings (SSSR count).